The van der Waals surface area contributed by atoms with Crippen molar-refractivity contribution in [1.82, 2.24) is 9.80 Å². The maximum atomic E-state index is 10.5. The third-order valence-corrected chi connectivity index (χ3v) is 7.80. The van der Waals surface area contributed by atoms with Crippen molar-refractivity contribution in [1.29, 1.82) is 5.26 Å². The molecule has 30 heavy (non-hydrogen) atoms. The Morgan fingerprint density at radius 2 is 1.50 bits per heavy atom. The highest BCUT2D eigenvalue weighted by atomic mass is 15.2. The van der Waals surface area contributed by atoms with E-state index >= 15 is 0 Å². The number of hydrogen-bond acceptors (Lipinski definition) is 3. The Morgan fingerprint density at radius 3 is 1.97 bits per heavy atom. The van der Waals surface area contributed by atoms with Crippen LogP contribution in [0.15, 0.2) is 24.3 Å². The van der Waals surface area contributed by atoms with E-state index in [1.807, 2.05) is 0 Å². The van der Waals surface area contributed by atoms with E-state index in [0.29, 0.717) is 12.1 Å². The van der Waals surface area contributed by atoms with Gasteiger partial charge in [0.1, 0.15) is 0 Å². The molecule has 1 aromatic carbocycles. The number of nitrogens with zero attached hydrogens (tertiary/aromatic N) is 3. The summed E-state index contributed by atoms with van der Waals surface area (Å²) in [5.74, 6) is 1.77. The lowest BCUT2D eigenvalue weighted by Gasteiger charge is -2.36. The number of aryl methyl sites for hydroxylation is 1. The number of fused-ring (bicyclic) bond motifs is 4. The summed E-state index contributed by atoms with van der Waals surface area (Å²) >= 11 is 0. The molecule has 0 spiro atoms. The second kappa shape index (κ2) is 10.3. The predicted molar refractivity (Wildman–Crippen MR) is 127 cm³/mol. The SMILES string of the molecule is Cc1ccc(C(C#N)(CCN2CC3CCC(CC3)C2)CCN(C(C)C)C(C)C)cc1. The Hall–Kier alpha value is -1.37. The molecule has 2 heterocycles. The van der Waals surface area contributed by atoms with Crippen LogP contribution in [-0.4, -0.2) is 48.1 Å². The average molecular weight is 410 g/mol. The number of nitriles is 1. The first-order chi connectivity index (χ1) is 14.3. The summed E-state index contributed by atoms with van der Waals surface area (Å²) in [4.78, 5) is 5.23. The van der Waals surface area contributed by atoms with Crippen molar-refractivity contribution in [3.8, 4) is 6.07 Å². The highest BCUT2D eigenvalue weighted by molar-refractivity contribution is 5.34. The van der Waals surface area contributed by atoms with Crippen molar-refractivity contribution in [2.24, 2.45) is 11.8 Å². The highest BCUT2D eigenvalue weighted by Gasteiger charge is 2.35. The molecule has 2 aliphatic heterocycles. The van der Waals surface area contributed by atoms with Crippen molar-refractivity contribution in [3.63, 3.8) is 0 Å². The number of hydrogen-bond donors (Lipinski definition) is 0. The van der Waals surface area contributed by atoms with Crippen LogP contribution in [0.25, 0.3) is 0 Å². The lowest BCUT2D eigenvalue weighted by molar-refractivity contribution is 0.156. The van der Waals surface area contributed by atoms with Crippen molar-refractivity contribution in [2.45, 2.75) is 90.6 Å². The van der Waals surface area contributed by atoms with Gasteiger partial charge in [-0.1, -0.05) is 29.8 Å². The second-order valence-corrected chi connectivity index (χ2v) is 10.6. The summed E-state index contributed by atoms with van der Waals surface area (Å²) in [5, 5.41) is 10.5. The highest BCUT2D eigenvalue weighted by Crippen LogP contribution is 2.36. The standard InChI is InChI=1S/C27H43N3/c1-21(2)30(22(3)4)17-15-27(20-28,26-12-6-23(5)7-13-26)14-16-29-18-24-8-9-25(19-29)11-10-24/h6-7,12-13,21-22,24-25H,8-11,14-19H2,1-5H3. The van der Waals surface area contributed by atoms with Gasteiger partial charge in [0, 0.05) is 38.3 Å². The number of rotatable bonds is 9. The molecule has 1 unspecified atom stereocenters. The molecule has 1 aliphatic carbocycles. The first-order valence-corrected chi connectivity index (χ1v) is 12.3. The van der Waals surface area contributed by atoms with Gasteiger partial charge in [-0.25, -0.2) is 0 Å². The quantitative estimate of drug-likeness (QED) is 0.518. The van der Waals surface area contributed by atoms with Crippen LogP contribution < -0.4 is 0 Å². The average Bonchev–Trinajstić information content (AvgIpc) is 3.04. The summed E-state index contributed by atoms with van der Waals surface area (Å²) in [5.41, 5.74) is 2.07. The lowest BCUT2D eigenvalue weighted by Crippen LogP contribution is -2.42. The van der Waals surface area contributed by atoms with E-state index in [4.69, 9.17) is 0 Å². The molecule has 1 atom stereocenters. The Balaban J connectivity index is 1.77. The maximum Gasteiger partial charge on any atom is 0.0846 e. The van der Waals surface area contributed by atoms with Gasteiger partial charge in [0.25, 0.3) is 0 Å². The van der Waals surface area contributed by atoms with E-state index < -0.39 is 5.41 Å². The molecule has 2 bridgehead atoms. The molecule has 3 heteroatoms. The van der Waals surface area contributed by atoms with Crippen LogP contribution >= 0.6 is 0 Å². The summed E-state index contributed by atoms with van der Waals surface area (Å²) < 4.78 is 0. The molecule has 4 rings (SSSR count). The molecular weight excluding hydrogens is 366 g/mol. The van der Waals surface area contributed by atoms with Gasteiger partial charge in [-0.3, -0.25) is 4.90 Å². The zero-order valence-corrected chi connectivity index (χ0v) is 20.0. The molecule has 3 nitrogen and oxygen atoms in total. The third-order valence-electron chi connectivity index (χ3n) is 7.80. The molecule has 1 aromatic rings. The van der Waals surface area contributed by atoms with Crippen LogP contribution in [0.1, 0.15) is 77.3 Å². The molecular formula is C27H43N3. The van der Waals surface area contributed by atoms with E-state index in [0.717, 1.165) is 37.8 Å². The molecule has 0 radical (unpaired) electrons. The van der Waals surface area contributed by atoms with E-state index in [-0.39, 0.29) is 0 Å². The minimum Gasteiger partial charge on any atom is -0.303 e. The van der Waals surface area contributed by atoms with E-state index in [9.17, 15) is 5.26 Å². The second-order valence-electron chi connectivity index (χ2n) is 10.6. The summed E-state index contributed by atoms with van der Waals surface area (Å²) in [6, 6.07) is 12.6. The monoisotopic (exact) mass is 409 g/mol. The summed E-state index contributed by atoms with van der Waals surface area (Å²) in [6.07, 6.45) is 7.51. The molecule has 166 valence electrons. The minimum absolute atomic E-state index is 0.402. The van der Waals surface area contributed by atoms with Gasteiger partial charge in [0.15, 0.2) is 0 Å². The fourth-order valence-electron chi connectivity index (χ4n) is 5.83. The summed E-state index contributed by atoms with van der Waals surface area (Å²) in [7, 11) is 0. The van der Waals surface area contributed by atoms with Crippen LogP contribution in [-0.2, 0) is 5.41 Å². The zero-order valence-electron chi connectivity index (χ0n) is 20.0. The van der Waals surface area contributed by atoms with Crippen molar-refractivity contribution in [2.75, 3.05) is 26.2 Å². The molecule has 3 aliphatic rings. The van der Waals surface area contributed by atoms with Crippen LogP contribution in [0.5, 0.6) is 0 Å². The van der Waals surface area contributed by atoms with Crippen LogP contribution in [0, 0.1) is 30.1 Å². The Labute approximate surface area is 185 Å². The van der Waals surface area contributed by atoms with Crippen molar-refractivity contribution >= 4 is 0 Å². The fourth-order valence-corrected chi connectivity index (χ4v) is 5.83. The molecule has 3 fully saturated rings. The smallest absolute Gasteiger partial charge is 0.0846 e. The third kappa shape index (κ3) is 5.65. The van der Waals surface area contributed by atoms with Gasteiger partial charge in [-0.2, -0.15) is 5.26 Å². The number of benzene rings is 1. The van der Waals surface area contributed by atoms with E-state index in [1.165, 1.54) is 49.9 Å². The Bertz CT molecular complexity index is 672. The molecule has 0 N–H and O–H groups in total. The Kier molecular flexibility index (Phi) is 7.99. The van der Waals surface area contributed by atoms with Gasteiger partial charge in [0.05, 0.1) is 11.5 Å². The first kappa shape index (κ1) is 23.3. The minimum atomic E-state index is -0.402. The zero-order chi connectivity index (χ0) is 21.7. The molecule has 0 aromatic heterocycles. The van der Waals surface area contributed by atoms with Gasteiger partial charge < -0.3 is 4.90 Å². The van der Waals surface area contributed by atoms with Crippen LogP contribution in [0.2, 0.25) is 0 Å². The fraction of sp³-hybridized carbons (Fsp3) is 0.741. The van der Waals surface area contributed by atoms with Crippen LogP contribution in [0.3, 0.4) is 0 Å². The topological polar surface area (TPSA) is 30.3 Å². The van der Waals surface area contributed by atoms with E-state index in [1.54, 1.807) is 0 Å². The predicted octanol–water partition coefficient (Wildman–Crippen LogP) is 5.78. The van der Waals surface area contributed by atoms with Gasteiger partial charge in [0.2, 0.25) is 0 Å². The summed E-state index contributed by atoms with van der Waals surface area (Å²) in [6.45, 7) is 15.7. The van der Waals surface area contributed by atoms with Crippen molar-refractivity contribution in [3.05, 3.63) is 35.4 Å². The molecule has 0 amide bonds. The largest absolute Gasteiger partial charge is 0.303 e. The maximum absolute atomic E-state index is 10.5. The van der Waals surface area contributed by atoms with Gasteiger partial charge >= 0.3 is 0 Å². The molecule has 1 saturated carbocycles. The normalized spacial score (nSPS) is 24.2. The van der Waals surface area contributed by atoms with Crippen molar-refractivity contribution < 1.29 is 0 Å². The van der Waals surface area contributed by atoms with Gasteiger partial charge in [-0.05, 0) is 90.5 Å². The van der Waals surface area contributed by atoms with E-state index in [2.05, 4.69) is 74.8 Å². The first-order valence-electron chi connectivity index (χ1n) is 12.3. The van der Waals surface area contributed by atoms with Crippen LogP contribution in [0.4, 0.5) is 0 Å². The lowest BCUT2D eigenvalue weighted by atomic mass is 9.75. The molecule has 2 saturated heterocycles. The Morgan fingerprint density at radius 1 is 0.967 bits per heavy atom. The van der Waals surface area contributed by atoms with Gasteiger partial charge in [-0.15, -0.1) is 0 Å².